The highest BCUT2D eigenvalue weighted by Gasteiger charge is 2.44. The van der Waals surface area contributed by atoms with Gasteiger partial charge in [0, 0.05) is 6.54 Å². The van der Waals surface area contributed by atoms with Crippen molar-refractivity contribution in [3.8, 4) is 0 Å². The maximum absolute atomic E-state index is 13.2. The Balaban J connectivity index is 1.66. The van der Waals surface area contributed by atoms with Crippen LogP contribution in [0.25, 0.3) is 11.2 Å². The lowest BCUT2D eigenvalue weighted by Gasteiger charge is -2.17. The fraction of sp³-hybridized carbons (Fsp3) is 0.389. The van der Waals surface area contributed by atoms with Gasteiger partial charge < -0.3 is 25.4 Å². The maximum Gasteiger partial charge on any atom is 0.416 e. The standard InChI is InChI=1S/C18H17ClF3N5O4/c19-17-25-14(23-5-8-3-1-2-4-9(8)18(20,21)22)11-15(26-17)27(7-24-11)16-13(30)12(29)10(6-28)31-16/h1-4,7,10,12-13,16,28-30H,5-6H2,(H,23,25,26). The van der Waals surface area contributed by atoms with Gasteiger partial charge in [-0.3, -0.25) is 4.57 Å². The van der Waals surface area contributed by atoms with Gasteiger partial charge in [-0.1, -0.05) is 18.2 Å². The lowest BCUT2D eigenvalue weighted by atomic mass is 10.1. The van der Waals surface area contributed by atoms with E-state index in [2.05, 4.69) is 20.3 Å². The molecular weight excluding hydrogens is 443 g/mol. The van der Waals surface area contributed by atoms with Crippen LogP contribution in [0.2, 0.25) is 5.28 Å². The predicted molar refractivity (Wildman–Crippen MR) is 102 cm³/mol. The summed E-state index contributed by atoms with van der Waals surface area (Å²) in [7, 11) is 0. The highest BCUT2D eigenvalue weighted by Crippen LogP contribution is 2.34. The van der Waals surface area contributed by atoms with Gasteiger partial charge in [-0.2, -0.15) is 23.1 Å². The average Bonchev–Trinajstić information content (AvgIpc) is 3.26. The Hall–Kier alpha value is -2.51. The van der Waals surface area contributed by atoms with E-state index in [1.807, 2.05) is 0 Å². The Bertz CT molecular complexity index is 1100. The number of nitrogens with one attached hydrogen (secondary N) is 1. The molecule has 1 aromatic carbocycles. The number of aliphatic hydroxyl groups excluding tert-OH is 3. The first kappa shape index (κ1) is 21.7. The molecule has 4 atom stereocenters. The van der Waals surface area contributed by atoms with Crippen LogP contribution in [0, 0.1) is 0 Å². The molecule has 3 aromatic rings. The molecule has 2 aromatic heterocycles. The third-order valence-corrected chi connectivity index (χ3v) is 5.12. The zero-order valence-corrected chi connectivity index (χ0v) is 16.4. The third kappa shape index (κ3) is 4.04. The number of ether oxygens (including phenoxy) is 1. The molecule has 1 aliphatic heterocycles. The van der Waals surface area contributed by atoms with Gasteiger partial charge in [0.1, 0.15) is 18.3 Å². The number of nitrogens with zero attached hydrogens (tertiary/aromatic N) is 4. The largest absolute Gasteiger partial charge is 0.416 e. The molecule has 1 aliphatic rings. The van der Waals surface area contributed by atoms with Gasteiger partial charge >= 0.3 is 6.18 Å². The maximum atomic E-state index is 13.2. The van der Waals surface area contributed by atoms with Crippen molar-refractivity contribution in [3.63, 3.8) is 0 Å². The fourth-order valence-electron chi connectivity index (χ4n) is 3.44. The summed E-state index contributed by atoms with van der Waals surface area (Å²) in [5, 5.41) is 32.1. The van der Waals surface area contributed by atoms with E-state index in [1.165, 1.54) is 29.1 Å². The molecule has 1 fully saturated rings. The van der Waals surface area contributed by atoms with E-state index in [0.29, 0.717) is 0 Å². The lowest BCUT2D eigenvalue weighted by Crippen LogP contribution is -2.33. The highest BCUT2D eigenvalue weighted by atomic mass is 35.5. The van der Waals surface area contributed by atoms with E-state index >= 15 is 0 Å². The van der Waals surface area contributed by atoms with E-state index < -0.39 is 42.9 Å². The molecule has 0 saturated carbocycles. The quantitative estimate of drug-likeness (QED) is 0.425. The molecule has 4 N–H and O–H groups in total. The number of rotatable bonds is 5. The summed E-state index contributed by atoms with van der Waals surface area (Å²) in [6.45, 7) is -0.721. The van der Waals surface area contributed by atoms with Gasteiger partial charge in [-0.25, -0.2) is 4.98 Å². The molecule has 13 heteroatoms. The third-order valence-electron chi connectivity index (χ3n) is 4.95. The first-order valence-corrected chi connectivity index (χ1v) is 9.50. The summed E-state index contributed by atoms with van der Waals surface area (Å²) in [4.78, 5) is 12.2. The van der Waals surface area contributed by atoms with E-state index in [9.17, 15) is 28.5 Å². The smallest absolute Gasteiger partial charge is 0.394 e. The molecular formula is C18H17ClF3N5O4. The van der Waals surface area contributed by atoms with Gasteiger partial charge in [-0.15, -0.1) is 0 Å². The van der Waals surface area contributed by atoms with Crippen LogP contribution in [0.1, 0.15) is 17.4 Å². The van der Waals surface area contributed by atoms with Gasteiger partial charge in [-0.05, 0) is 23.2 Å². The van der Waals surface area contributed by atoms with Crippen LogP contribution < -0.4 is 5.32 Å². The van der Waals surface area contributed by atoms with Crippen LogP contribution >= 0.6 is 11.6 Å². The zero-order chi connectivity index (χ0) is 22.3. The SMILES string of the molecule is OCC1OC(n2cnc3c(NCc4ccccc4C(F)(F)F)nc(Cl)nc32)C(O)C1O. The first-order valence-electron chi connectivity index (χ1n) is 9.12. The Morgan fingerprint density at radius 3 is 2.58 bits per heavy atom. The number of anilines is 1. The molecule has 1 saturated heterocycles. The van der Waals surface area contributed by atoms with Crippen LogP contribution in [-0.4, -0.2) is 59.8 Å². The Morgan fingerprint density at radius 1 is 1.16 bits per heavy atom. The second-order valence-corrected chi connectivity index (χ2v) is 7.24. The second kappa shape index (κ2) is 8.20. The van der Waals surface area contributed by atoms with Crippen molar-refractivity contribution >= 4 is 28.6 Å². The van der Waals surface area contributed by atoms with Gasteiger partial charge in [0.25, 0.3) is 0 Å². The monoisotopic (exact) mass is 459 g/mol. The van der Waals surface area contributed by atoms with E-state index in [4.69, 9.17) is 16.3 Å². The molecule has 31 heavy (non-hydrogen) atoms. The van der Waals surface area contributed by atoms with Gasteiger partial charge in [0.2, 0.25) is 5.28 Å². The van der Waals surface area contributed by atoms with Crippen LogP contribution in [0.4, 0.5) is 19.0 Å². The lowest BCUT2D eigenvalue weighted by molar-refractivity contribution is -0.138. The minimum absolute atomic E-state index is 0.000718. The molecule has 3 heterocycles. The zero-order valence-electron chi connectivity index (χ0n) is 15.7. The molecule has 0 radical (unpaired) electrons. The van der Waals surface area contributed by atoms with Crippen LogP contribution in [-0.2, 0) is 17.5 Å². The summed E-state index contributed by atoms with van der Waals surface area (Å²) in [6.07, 6.45) is -8.07. The van der Waals surface area contributed by atoms with Crippen molar-refractivity contribution in [1.82, 2.24) is 19.5 Å². The summed E-state index contributed by atoms with van der Waals surface area (Å²) in [5.74, 6) is 0.0810. The van der Waals surface area contributed by atoms with Crippen LogP contribution in [0.5, 0.6) is 0 Å². The molecule has 4 unspecified atom stereocenters. The molecule has 9 nitrogen and oxygen atoms in total. The number of alkyl halides is 3. The first-order chi connectivity index (χ1) is 14.7. The van der Waals surface area contributed by atoms with E-state index in [-0.39, 0.29) is 34.4 Å². The Morgan fingerprint density at radius 2 is 1.90 bits per heavy atom. The van der Waals surface area contributed by atoms with Crippen molar-refractivity contribution in [2.45, 2.75) is 37.3 Å². The van der Waals surface area contributed by atoms with Crippen molar-refractivity contribution in [3.05, 3.63) is 47.0 Å². The fourth-order valence-corrected chi connectivity index (χ4v) is 3.60. The second-order valence-electron chi connectivity index (χ2n) is 6.90. The normalized spacial score (nSPS) is 24.1. The minimum atomic E-state index is -4.52. The summed E-state index contributed by atoms with van der Waals surface area (Å²) in [5.41, 5.74) is -0.482. The highest BCUT2D eigenvalue weighted by molar-refractivity contribution is 6.28. The van der Waals surface area contributed by atoms with E-state index in [1.54, 1.807) is 0 Å². The number of halogens is 4. The van der Waals surface area contributed by atoms with Gasteiger partial charge in [0.05, 0.1) is 18.5 Å². The van der Waals surface area contributed by atoms with Crippen molar-refractivity contribution in [2.75, 3.05) is 11.9 Å². The number of fused-ring (bicyclic) bond motifs is 1. The molecule has 0 amide bonds. The van der Waals surface area contributed by atoms with E-state index in [0.717, 1.165) is 6.07 Å². The minimum Gasteiger partial charge on any atom is -0.394 e. The number of aromatic nitrogens is 4. The predicted octanol–water partition coefficient (Wildman–Crippen LogP) is 1.72. The number of benzene rings is 1. The summed E-state index contributed by atoms with van der Waals surface area (Å²) < 4.78 is 46.5. The number of hydrogen-bond acceptors (Lipinski definition) is 8. The Labute approximate surface area is 178 Å². The molecule has 4 rings (SSSR count). The Kier molecular flexibility index (Phi) is 5.75. The van der Waals surface area contributed by atoms with Crippen molar-refractivity contribution in [2.24, 2.45) is 0 Å². The van der Waals surface area contributed by atoms with Crippen molar-refractivity contribution < 1.29 is 33.2 Å². The van der Waals surface area contributed by atoms with Crippen molar-refractivity contribution in [1.29, 1.82) is 0 Å². The number of aliphatic hydroxyl groups is 3. The molecule has 0 bridgehead atoms. The topological polar surface area (TPSA) is 126 Å². The van der Waals surface area contributed by atoms with Crippen LogP contribution in [0.15, 0.2) is 30.6 Å². The molecule has 166 valence electrons. The molecule has 0 spiro atoms. The number of imidazole rings is 1. The summed E-state index contributed by atoms with van der Waals surface area (Å²) in [6, 6.07) is 5.11. The van der Waals surface area contributed by atoms with Gasteiger partial charge in [0.15, 0.2) is 23.2 Å². The molecule has 0 aliphatic carbocycles. The number of hydrogen-bond donors (Lipinski definition) is 4. The summed E-state index contributed by atoms with van der Waals surface area (Å²) >= 11 is 5.99. The average molecular weight is 460 g/mol. The van der Waals surface area contributed by atoms with Crippen LogP contribution in [0.3, 0.4) is 0 Å².